The normalized spacial score (nSPS) is 30.5. The molecule has 1 saturated carbocycles. The van der Waals surface area contributed by atoms with Crippen LogP contribution in [-0.4, -0.2) is 22.8 Å². The van der Waals surface area contributed by atoms with E-state index in [4.69, 9.17) is 8.85 Å². The summed E-state index contributed by atoms with van der Waals surface area (Å²) < 4.78 is 11.2. The van der Waals surface area contributed by atoms with Crippen molar-refractivity contribution in [2.75, 3.05) is 14.2 Å². The third-order valence-corrected chi connectivity index (χ3v) is 7.25. The van der Waals surface area contributed by atoms with Crippen LogP contribution in [0.4, 0.5) is 0 Å². The van der Waals surface area contributed by atoms with E-state index in [-0.39, 0.29) is 0 Å². The molecule has 0 amide bonds. The summed E-state index contributed by atoms with van der Waals surface area (Å²) >= 11 is 0. The van der Waals surface area contributed by atoms with Crippen molar-refractivity contribution in [3.05, 3.63) is 0 Å². The Kier molecular flexibility index (Phi) is 3.95. The lowest BCUT2D eigenvalue weighted by Crippen LogP contribution is -2.43. The summed E-state index contributed by atoms with van der Waals surface area (Å²) in [6.45, 7) is 4.53. The molecule has 1 rings (SSSR count). The summed E-state index contributed by atoms with van der Waals surface area (Å²) in [5, 5.41) is 0. The Morgan fingerprint density at radius 3 is 1.85 bits per heavy atom. The van der Waals surface area contributed by atoms with Gasteiger partial charge in [0.15, 0.2) is 0 Å². The van der Waals surface area contributed by atoms with Crippen LogP contribution in [0.25, 0.3) is 0 Å². The van der Waals surface area contributed by atoms with Crippen LogP contribution in [0.5, 0.6) is 0 Å². The van der Waals surface area contributed by atoms with Gasteiger partial charge in [-0.1, -0.05) is 19.8 Å². The lowest BCUT2D eigenvalue weighted by atomic mass is 9.90. The molecule has 0 N–H and O–H groups in total. The fraction of sp³-hybridized carbons (Fsp3) is 1.00. The van der Waals surface area contributed by atoms with Gasteiger partial charge >= 0.3 is 8.56 Å². The molecule has 0 saturated heterocycles. The molecule has 0 aromatic rings. The van der Waals surface area contributed by atoms with Crippen LogP contribution in [0.15, 0.2) is 0 Å². The highest BCUT2D eigenvalue weighted by Crippen LogP contribution is 2.39. The molecule has 0 bridgehead atoms. The third-order valence-electron chi connectivity index (χ3n) is 3.57. The highest BCUT2D eigenvalue weighted by molar-refractivity contribution is 6.67. The SMILES string of the molecule is CO[Si](C)(OC)C1CCC(C)CC1. The second-order valence-corrected chi connectivity index (χ2v) is 8.05. The van der Waals surface area contributed by atoms with E-state index in [1.54, 1.807) is 14.2 Å². The van der Waals surface area contributed by atoms with E-state index < -0.39 is 8.56 Å². The number of rotatable bonds is 3. The first-order chi connectivity index (χ1) is 6.12. The Balaban J connectivity index is 2.51. The van der Waals surface area contributed by atoms with Crippen LogP contribution in [0.1, 0.15) is 32.6 Å². The van der Waals surface area contributed by atoms with E-state index >= 15 is 0 Å². The van der Waals surface area contributed by atoms with Gasteiger partial charge in [-0.2, -0.15) is 0 Å². The summed E-state index contributed by atoms with van der Waals surface area (Å²) in [4.78, 5) is 0. The Bertz CT molecular complexity index is 149. The predicted molar refractivity (Wildman–Crippen MR) is 57.0 cm³/mol. The van der Waals surface area contributed by atoms with E-state index in [9.17, 15) is 0 Å². The third kappa shape index (κ3) is 2.54. The summed E-state index contributed by atoms with van der Waals surface area (Å²) in [5.74, 6) is 0.906. The zero-order chi connectivity index (χ0) is 9.90. The highest BCUT2D eigenvalue weighted by atomic mass is 28.4. The average molecular weight is 202 g/mol. The van der Waals surface area contributed by atoms with E-state index in [0.29, 0.717) is 5.54 Å². The first kappa shape index (κ1) is 11.2. The first-order valence-electron chi connectivity index (χ1n) is 5.22. The molecule has 0 spiro atoms. The van der Waals surface area contributed by atoms with Gasteiger partial charge in [-0.3, -0.25) is 0 Å². The molecule has 0 atom stereocenters. The predicted octanol–water partition coefficient (Wildman–Crippen LogP) is 2.93. The van der Waals surface area contributed by atoms with Crippen molar-refractivity contribution < 1.29 is 8.85 Å². The average Bonchev–Trinajstić information content (AvgIpc) is 2.18. The van der Waals surface area contributed by atoms with Crippen LogP contribution in [0.2, 0.25) is 12.1 Å². The molecule has 0 aromatic carbocycles. The van der Waals surface area contributed by atoms with Gasteiger partial charge in [0.2, 0.25) is 0 Å². The Labute approximate surface area is 82.9 Å². The van der Waals surface area contributed by atoms with Gasteiger partial charge in [0.25, 0.3) is 0 Å². The van der Waals surface area contributed by atoms with E-state index in [1.807, 2.05) is 0 Å². The molecule has 0 radical (unpaired) electrons. The van der Waals surface area contributed by atoms with Gasteiger partial charge in [-0.15, -0.1) is 0 Å². The van der Waals surface area contributed by atoms with Gasteiger partial charge in [0.1, 0.15) is 0 Å². The molecule has 0 aliphatic heterocycles. The Hall–Kier alpha value is 0.137. The summed E-state index contributed by atoms with van der Waals surface area (Å²) in [7, 11) is 1.77. The second kappa shape index (κ2) is 4.58. The van der Waals surface area contributed by atoms with Crippen molar-refractivity contribution in [3.63, 3.8) is 0 Å². The molecule has 78 valence electrons. The minimum Gasteiger partial charge on any atom is -0.398 e. The number of hydrogen-bond acceptors (Lipinski definition) is 2. The zero-order valence-corrected chi connectivity index (χ0v) is 10.3. The van der Waals surface area contributed by atoms with Crippen molar-refractivity contribution in [1.82, 2.24) is 0 Å². The fourth-order valence-corrected chi connectivity index (χ4v) is 4.42. The lowest BCUT2D eigenvalue weighted by Gasteiger charge is -2.36. The zero-order valence-electron chi connectivity index (χ0n) is 9.30. The van der Waals surface area contributed by atoms with Crippen molar-refractivity contribution in [1.29, 1.82) is 0 Å². The summed E-state index contributed by atoms with van der Waals surface area (Å²) in [6, 6.07) is 0. The van der Waals surface area contributed by atoms with Gasteiger partial charge in [0, 0.05) is 19.8 Å². The molecule has 2 nitrogen and oxygen atoms in total. The van der Waals surface area contributed by atoms with Crippen molar-refractivity contribution in [3.8, 4) is 0 Å². The smallest absolute Gasteiger partial charge is 0.337 e. The van der Waals surface area contributed by atoms with Gasteiger partial charge in [0.05, 0.1) is 0 Å². The second-order valence-electron chi connectivity index (χ2n) is 4.38. The molecule has 3 heteroatoms. The van der Waals surface area contributed by atoms with Crippen molar-refractivity contribution in [2.45, 2.75) is 44.7 Å². The van der Waals surface area contributed by atoms with E-state index in [1.165, 1.54) is 25.7 Å². The van der Waals surface area contributed by atoms with Crippen LogP contribution < -0.4 is 0 Å². The molecule has 13 heavy (non-hydrogen) atoms. The van der Waals surface area contributed by atoms with Crippen molar-refractivity contribution in [2.24, 2.45) is 5.92 Å². The highest BCUT2D eigenvalue weighted by Gasteiger charge is 2.40. The maximum atomic E-state index is 5.58. The molecular weight excluding hydrogens is 180 g/mol. The molecular formula is C10H22O2Si. The van der Waals surface area contributed by atoms with Gasteiger partial charge in [-0.05, 0) is 25.3 Å². The largest absolute Gasteiger partial charge is 0.398 e. The minimum atomic E-state index is -1.83. The summed E-state index contributed by atoms with van der Waals surface area (Å²) in [6.07, 6.45) is 5.29. The molecule has 1 aliphatic rings. The number of hydrogen-bond donors (Lipinski definition) is 0. The van der Waals surface area contributed by atoms with Crippen LogP contribution in [0, 0.1) is 5.92 Å². The standard InChI is InChI=1S/C10H22O2Si/c1-9-5-7-10(8-6-9)13(4,11-2)12-3/h9-10H,5-8H2,1-4H3. The quantitative estimate of drug-likeness (QED) is 0.655. The molecule has 0 aromatic heterocycles. The van der Waals surface area contributed by atoms with Crippen LogP contribution in [-0.2, 0) is 8.85 Å². The maximum absolute atomic E-state index is 5.58. The molecule has 0 unspecified atom stereocenters. The Morgan fingerprint density at radius 1 is 1.00 bits per heavy atom. The fourth-order valence-electron chi connectivity index (χ4n) is 2.20. The molecule has 1 aliphatic carbocycles. The van der Waals surface area contributed by atoms with E-state index in [2.05, 4.69) is 13.5 Å². The topological polar surface area (TPSA) is 18.5 Å². The molecule has 1 fully saturated rings. The minimum absolute atomic E-state index is 0.707. The lowest BCUT2D eigenvalue weighted by molar-refractivity contribution is 0.217. The van der Waals surface area contributed by atoms with Gasteiger partial charge in [-0.25, -0.2) is 0 Å². The van der Waals surface area contributed by atoms with Crippen LogP contribution in [0.3, 0.4) is 0 Å². The van der Waals surface area contributed by atoms with Crippen LogP contribution >= 0.6 is 0 Å². The maximum Gasteiger partial charge on any atom is 0.337 e. The van der Waals surface area contributed by atoms with Crippen molar-refractivity contribution >= 4 is 8.56 Å². The monoisotopic (exact) mass is 202 g/mol. The van der Waals surface area contributed by atoms with Gasteiger partial charge < -0.3 is 8.85 Å². The summed E-state index contributed by atoms with van der Waals surface area (Å²) in [5.41, 5.74) is 0.707. The molecule has 0 heterocycles. The first-order valence-corrected chi connectivity index (χ1v) is 7.62. The van der Waals surface area contributed by atoms with E-state index in [0.717, 1.165) is 5.92 Å². The Morgan fingerprint density at radius 2 is 1.46 bits per heavy atom.